The van der Waals surface area contributed by atoms with E-state index < -0.39 is 7.32 Å². The Morgan fingerprint density at radius 3 is 2.00 bits per heavy atom. The molecule has 0 aromatic heterocycles. The second kappa shape index (κ2) is 5.52. The topological polar surface area (TPSA) is 27.7 Å². The highest BCUT2D eigenvalue weighted by Gasteiger charge is 2.52. The van der Waals surface area contributed by atoms with E-state index in [0.717, 1.165) is 13.0 Å². The number of unbranched alkanes of at least 4 members (excludes halogenated alkanes) is 3. The molecule has 16 heavy (non-hydrogen) atoms. The molecule has 1 rings (SSSR count). The van der Waals surface area contributed by atoms with Gasteiger partial charge in [0.15, 0.2) is 0 Å². The summed E-state index contributed by atoms with van der Waals surface area (Å²) in [7, 11) is -0.494. The van der Waals surface area contributed by atoms with Crippen molar-refractivity contribution in [2.75, 3.05) is 6.61 Å². The van der Waals surface area contributed by atoms with Crippen molar-refractivity contribution in [1.82, 2.24) is 0 Å². The summed E-state index contributed by atoms with van der Waals surface area (Å²) in [5.41, 5.74) is -0.581. The fourth-order valence-corrected chi connectivity index (χ4v) is 1.57. The lowest BCUT2D eigenvalue weighted by Gasteiger charge is -2.31. The third kappa shape index (κ3) is 3.47. The van der Waals surface area contributed by atoms with Crippen molar-refractivity contribution >= 4 is 7.32 Å². The van der Waals surface area contributed by atoms with Gasteiger partial charge in [-0.05, 0) is 34.1 Å². The summed E-state index contributed by atoms with van der Waals surface area (Å²) in [6.07, 6.45) is 4.82. The van der Waals surface area contributed by atoms with E-state index in [9.17, 15) is 0 Å². The maximum Gasteiger partial charge on any atom is 0.640 e. The second-order valence-corrected chi connectivity index (χ2v) is 5.48. The zero-order valence-corrected chi connectivity index (χ0v) is 11.3. The molecule has 1 aliphatic heterocycles. The molecule has 3 nitrogen and oxygen atoms in total. The van der Waals surface area contributed by atoms with Crippen molar-refractivity contribution in [2.45, 2.75) is 71.5 Å². The van der Waals surface area contributed by atoms with E-state index in [2.05, 4.69) is 6.92 Å². The summed E-state index contributed by atoms with van der Waals surface area (Å²) in [6, 6.07) is 0. The molecular formula is C12H25BO3. The van der Waals surface area contributed by atoms with Gasteiger partial charge in [0.1, 0.15) is 0 Å². The zero-order valence-electron chi connectivity index (χ0n) is 11.3. The second-order valence-electron chi connectivity index (χ2n) is 5.48. The summed E-state index contributed by atoms with van der Waals surface area (Å²) >= 11 is 0. The van der Waals surface area contributed by atoms with E-state index in [-0.39, 0.29) is 11.2 Å². The Kier molecular flexibility index (Phi) is 4.83. The molecule has 0 unspecified atom stereocenters. The SMILES string of the molecule is CCCCCCOB1OC(C)(C)C(C)(C)O1. The average molecular weight is 228 g/mol. The van der Waals surface area contributed by atoms with Crippen molar-refractivity contribution in [3.8, 4) is 0 Å². The minimum Gasteiger partial charge on any atom is -0.386 e. The van der Waals surface area contributed by atoms with E-state index in [1.165, 1.54) is 19.3 Å². The van der Waals surface area contributed by atoms with Crippen LogP contribution in [0.1, 0.15) is 60.3 Å². The molecule has 0 atom stereocenters. The lowest BCUT2D eigenvalue weighted by molar-refractivity contribution is 0.00578. The molecule has 0 radical (unpaired) electrons. The van der Waals surface area contributed by atoms with Gasteiger partial charge in [-0.3, -0.25) is 0 Å². The molecule has 0 saturated carbocycles. The Balaban J connectivity index is 2.21. The van der Waals surface area contributed by atoms with Crippen molar-refractivity contribution in [1.29, 1.82) is 0 Å². The molecule has 94 valence electrons. The normalized spacial score (nSPS) is 22.7. The quantitative estimate of drug-likeness (QED) is 0.516. The van der Waals surface area contributed by atoms with Gasteiger partial charge in [0.25, 0.3) is 0 Å². The Morgan fingerprint density at radius 1 is 0.938 bits per heavy atom. The van der Waals surface area contributed by atoms with E-state index in [0.29, 0.717) is 0 Å². The first-order valence-corrected chi connectivity index (χ1v) is 6.36. The van der Waals surface area contributed by atoms with Crippen molar-refractivity contribution < 1.29 is 14.0 Å². The lowest BCUT2D eigenvalue weighted by atomic mass is 9.90. The molecule has 0 aromatic carbocycles. The van der Waals surface area contributed by atoms with E-state index in [4.69, 9.17) is 14.0 Å². The number of hydrogen-bond acceptors (Lipinski definition) is 3. The smallest absolute Gasteiger partial charge is 0.386 e. The minimum atomic E-state index is -0.494. The van der Waals surface area contributed by atoms with Crippen LogP contribution in [0.2, 0.25) is 0 Å². The van der Waals surface area contributed by atoms with Gasteiger partial charge in [0.2, 0.25) is 0 Å². The van der Waals surface area contributed by atoms with Gasteiger partial charge >= 0.3 is 7.32 Å². The maximum atomic E-state index is 5.73. The first kappa shape index (κ1) is 14.0. The molecule has 0 N–H and O–H groups in total. The van der Waals surface area contributed by atoms with Crippen LogP contribution in [0.15, 0.2) is 0 Å². The molecule has 0 aliphatic carbocycles. The van der Waals surface area contributed by atoms with Crippen LogP contribution in [0.3, 0.4) is 0 Å². The molecular weight excluding hydrogens is 203 g/mol. The van der Waals surface area contributed by atoms with Crippen LogP contribution in [0, 0.1) is 0 Å². The van der Waals surface area contributed by atoms with Crippen LogP contribution >= 0.6 is 0 Å². The Labute approximate surface area is 100 Å². The molecule has 0 bridgehead atoms. The maximum absolute atomic E-state index is 5.73. The molecule has 0 amide bonds. The van der Waals surface area contributed by atoms with Gasteiger partial charge in [-0.15, -0.1) is 0 Å². The summed E-state index contributed by atoms with van der Waals surface area (Å²) in [6.45, 7) is 11.1. The molecule has 1 saturated heterocycles. The van der Waals surface area contributed by atoms with Crippen LogP contribution in [-0.4, -0.2) is 25.1 Å². The standard InChI is InChI=1S/C12H25BO3/c1-6-7-8-9-10-14-13-15-11(2,3)12(4,5)16-13/h6-10H2,1-5H3. The molecule has 4 heteroatoms. The molecule has 1 heterocycles. The molecule has 0 aromatic rings. The summed E-state index contributed by atoms with van der Waals surface area (Å²) in [5, 5.41) is 0. The predicted molar refractivity (Wildman–Crippen MR) is 66.2 cm³/mol. The average Bonchev–Trinajstić information content (AvgIpc) is 2.35. The Bertz CT molecular complexity index is 200. The molecule has 1 aliphatic rings. The number of rotatable bonds is 6. The van der Waals surface area contributed by atoms with Gasteiger partial charge in [-0.1, -0.05) is 26.2 Å². The van der Waals surface area contributed by atoms with Crippen molar-refractivity contribution in [3.05, 3.63) is 0 Å². The van der Waals surface area contributed by atoms with Gasteiger partial charge in [-0.25, -0.2) is 0 Å². The van der Waals surface area contributed by atoms with Crippen LogP contribution in [-0.2, 0) is 14.0 Å². The summed E-state index contributed by atoms with van der Waals surface area (Å²) in [4.78, 5) is 0. The van der Waals surface area contributed by atoms with Gasteiger partial charge in [-0.2, -0.15) is 0 Å². The third-order valence-electron chi connectivity index (χ3n) is 3.48. The van der Waals surface area contributed by atoms with E-state index >= 15 is 0 Å². The lowest BCUT2D eigenvalue weighted by Crippen LogP contribution is -2.41. The summed E-state index contributed by atoms with van der Waals surface area (Å²) < 4.78 is 17.0. The highest BCUT2D eigenvalue weighted by atomic mass is 16.8. The van der Waals surface area contributed by atoms with E-state index in [1.54, 1.807) is 0 Å². The van der Waals surface area contributed by atoms with Gasteiger partial charge in [0.05, 0.1) is 11.2 Å². The zero-order chi connectivity index (χ0) is 12.2. The highest BCUT2D eigenvalue weighted by Crippen LogP contribution is 2.36. The Morgan fingerprint density at radius 2 is 1.50 bits per heavy atom. The third-order valence-corrected chi connectivity index (χ3v) is 3.48. The van der Waals surface area contributed by atoms with Crippen molar-refractivity contribution in [2.24, 2.45) is 0 Å². The fraction of sp³-hybridized carbons (Fsp3) is 1.00. The highest BCUT2D eigenvalue weighted by molar-refractivity contribution is 6.37. The fourth-order valence-electron chi connectivity index (χ4n) is 1.57. The largest absolute Gasteiger partial charge is 0.640 e. The molecule has 1 fully saturated rings. The van der Waals surface area contributed by atoms with Crippen LogP contribution in [0.5, 0.6) is 0 Å². The van der Waals surface area contributed by atoms with E-state index in [1.807, 2.05) is 27.7 Å². The van der Waals surface area contributed by atoms with Crippen LogP contribution < -0.4 is 0 Å². The van der Waals surface area contributed by atoms with Gasteiger partial charge < -0.3 is 14.0 Å². The van der Waals surface area contributed by atoms with Gasteiger partial charge in [0, 0.05) is 6.61 Å². The molecule has 0 spiro atoms. The van der Waals surface area contributed by atoms with Crippen LogP contribution in [0.4, 0.5) is 0 Å². The van der Waals surface area contributed by atoms with Crippen LogP contribution in [0.25, 0.3) is 0 Å². The number of hydrogen-bond donors (Lipinski definition) is 0. The first-order chi connectivity index (χ1) is 7.39. The predicted octanol–water partition coefficient (Wildman–Crippen LogP) is 3.17. The first-order valence-electron chi connectivity index (χ1n) is 6.36. The van der Waals surface area contributed by atoms with Crippen molar-refractivity contribution in [3.63, 3.8) is 0 Å². The minimum absolute atomic E-state index is 0.291. The Hall–Kier alpha value is -0.0551. The summed E-state index contributed by atoms with van der Waals surface area (Å²) in [5.74, 6) is 0. The monoisotopic (exact) mass is 228 g/mol.